The number of amides is 1. The summed E-state index contributed by atoms with van der Waals surface area (Å²) in [5, 5.41) is 2.77. The number of rotatable bonds is 7. The second-order valence-electron chi connectivity index (χ2n) is 6.46. The van der Waals surface area contributed by atoms with E-state index in [9.17, 15) is 18.0 Å². The largest absolute Gasteiger partial charge is 0.462 e. The lowest BCUT2D eigenvalue weighted by atomic mass is 10.1. The third-order valence-corrected chi connectivity index (χ3v) is 6.13. The fraction of sp³-hybridized carbons (Fsp3) is 0.368. The van der Waals surface area contributed by atoms with Gasteiger partial charge in [0, 0.05) is 26.3 Å². The van der Waals surface area contributed by atoms with Gasteiger partial charge in [0.25, 0.3) is 5.91 Å². The van der Waals surface area contributed by atoms with Crippen LogP contribution in [0.1, 0.15) is 44.6 Å². The highest BCUT2D eigenvalue weighted by atomic mass is 32.2. The Morgan fingerprint density at radius 3 is 2.29 bits per heavy atom. The van der Waals surface area contributed by atoms with Crippen LogP contribution < -0.4 is 5.32 Å². The third kappa shape index (κ3) is 4.42. The van der Waals surface area contributed by atoms with E-state index in [-0.39, 0.29) is 24.0 Å². The second-order valence-corrected chi connectivity index (χ2v) is 8.61. The van der Waals surface area contributed by atoms with E-state index in [4.69, 9.17) is 4.74 Å². The topological polar surface area (TPSA) is 109 Å². The van der Waals surface area contributed by atoms with E-state index in [0.29, 0.717) is 22.5 Å². The van der Waals surface area contributed by atoms with E-state index in [1.807, 2.05) is 0 Å². The summed E-state index contributed by atoms with van der Waals surface area (Å²) in [6.45, 7) is 5.58. The first-order chi connectivity index (χ1) is 13.1. The first kappa shape index (κ1) is 21.6. The summed E-state index contributed by atoms with van der Waals surface area (Å²) < 4.78 is 30.3. The number of sulfonamides is 1. The molecular weight excluding hydrogens is 382 g/mol. The molecular formula is C19H25N3O5S. The smallest absolute Gasteiger partial charge is 0.340 e. The zero-order valence-electron chi connectivity index (χ0n) is 16.6. The lowest BCUT2D eigenvalue weighted by molar-refractivity contribution is 0.0525. The zero-order valence-corrected chi connectivity index (χ0v) is 17.4. The van der Waals surface area contributed by atoms with E-state index < -0.39 is 16.0 Å². The molecule has 0 bridgehead atoms. The van der Waals surface area contributed by atoms with Crippen LogP contribution in [0.5, 0.6) is 0 Å². The molecule has 0 saturated carbocycles. The maximum Gasteiger partial charge on any atom is 0.340 e. The van der Waals surface area contributed by atoms with Gasteiger partial charge in [-0.15, -0.1) is 0 Å². The monoisotopic (exact) mass is 407 g/mol. The number of aromatic amines is 1. The Kier molecular flexibility index (Phi) is 6.63. The van der Waals surface area contributed by atoms with Gasteiger partial charge >= 0.3 is 5.97 Å². The van der Waals surface area contributed by atoms with E-state index in [2.05, 4.69) is 10.3 Å². The Bertz CT molecular complexity index is 976. The van der Waals surface area contributed by atoms with Gasteiger partial charge in [-0.3, -0.25) is 4.79 Å². The van der Waals surface area contributed by atoms with E-state index >= 15 is 0 Å². The standard InChI is InChI=1S/C19H25N3O5S/c1-6-27-19(24)16-12(2)17(21-13(16)3)18(23)20-11-14-7-9-15(10-8-14)28(25,26)22(4)5/h7-10,21H,6,11H2,1-5H3,(H,20,23). The molecule has 0 saturated heterocycles. The number of carbonyl (C=O) groups is 2. The number of nitrogens with one attached hydrogen (secondary N) is 2. The van der Waals surface area contributed by atoms with Gasteiger partial charge in [-0.05, 0) is 44.0 Å². The van der Waals surface area contributed by atoms with Crippen molar-refractivity contribution in [3.63, 3.8) is 0 Å². The molecule has 152 valence electrons. The van der Waals surface area contributed by atoms with E-state index in [1.165, 1.54) is 26.2 Å². The number of carbonyl (C=O) groups excluding carboxylic acids is 2. The van der Waals surface area contributed by atoms with Crippen molar-refractivity contribution < 1.29 is 22.7 Å². The van der Waals surface area contributed by atoms with Gasteiger partial charge in [-0.25, -0.2) is 17.5 Å². The molecule has 2 aromatic rings. The fourth-order valence-corrected chi connectivity index (χ4v) is 3.65. The van der Waals surface area contributed by atoms with Gasteiger partial charge in [0.2, 0.25) is 10.0 Å². The van der Waals surface area contributed by atoms with Crippen molar-refractivity contribution in [2.75, 3.05) is 20.7 Å². The van der Waals surface area contributed by atoms with Crippen LogP contribution in [-0.2, 0) is 21.3 Å². The molecule has 1 aromatic carbocycles. The van der Waals surface area contributed by atoms with Gasteiger partial charge in [0.15, 0.2) is 0 Å². The van der Waals surface area contributed by atoms with Gasteiger partial charge < -0.3 is 15.0 Å². The SMILES string of the molecule is CCOC(=O)c1c(C)[nH]c(C(=O)NCc2ccc(S(=O)(=O)N(C)C)cc2)c1C. The Labute approximate surface area is 164 Å². The highest BCUT2D eigenvalue weighted by Gasteiger charge is 2.22. The van der Waals surface area contributed by atoms with Crippen molar-refractivity contribution in [1.29, 1.82) is 0 Å². The summed E-state index contributed by atoms with van der Waals surface area (Å²) in [5.41, 5.74) is 2.51. The highest BCUT2D eigenvalue weighted by Crippen LogP contribution is 2.19. The maximum absolute atomic E-state index is 12.5. The molecule has 0 spiro atoms. The van der Waals surface area contributed by atoms with Gasteiger partial charge in [0.05, 0.1) is 17.1 Å². The van der Waals surface area contributed by atoms with Gasteiger partial charge in [-0.2, -0.15) is 0 Å². The Hall–Kier alpha value is -2.65. The molecule has 0 aliphatic heterocycles. The van der Waals surface area contributed by atoms with Crippen molar-refractivity contribution in [2.24, 2.45) is 0 Å². The maximum atomic E-state index is 12.5. The minimum atomic E-state index is -3.49. The van der Waals surface area contributed by atoms with E-state index in [1.54, 1.807) is 32.9 Å². The van der Waals surface area contributed by atoms with Gasteiger partial charge in [0.1, 0.15) is 5.69 Å². The van der Waals surface area contributed by atoms with Crippen LogP contribution in [0.2, 0.25) is 0 Å². The van der Waals surface area contributed by atoms with Crippen molar-refractivity contribution in [2.45, 2.75) is 32.2 Å². The van der Waals surface area contributed by atoms with Crippen LogP contribution in [0.15, 0.2) is 29.2 Å². The molecule has 9 heteroatoms. The first-order valence-electron chi connectivity index (χ1n) is 8.75. The minimum absolute atomic E-state index is 0.183. The van der Waals surface area contributed by atoms with Crippen LogP contribution in [-0.4, -0.2) is 50.3 Å². The number of hydrogen-bond donors (Lipinski definition) is 2. The molecule has 0 aliphatic rings. The van der Waals surface area contributed by atoms with Crippen molar-refractivity contribution in [3.8, 4) is 0 Å². The molecule has 1 amide bonds. The number of hydrogen-bond acceptors (Lipinski definition) is 5. The summed E-state index contributed by atoms with van der Waals surface area (Å²) >= 11 is 0. The zero-order chi connectivity index (χ0) is 21.1. The number of benzene rings is 1. The molecule has 8 nitrogen and oxygen atoms in total. The Balaban J connectivity index is 2.11. The summed E-state index contributed by atoms with van der Waals surface area (Å²) in [7, 11) is -0.557. The predicted octanol–water partition coefficient (Wildman–Crippen LogP) is 1.99. The number of nitrogens with zero attached hydrogens (tertiary/aromatic N) is 1. The lowest BCUT2D eigenvalue weighted by Crippen LogP contribution is -2.24. The predicted molar refractivity (Wildman–Crippen MR) is 105 cm³/mol. The lowest BCUT2D eigenvalue weighted by Gasteiger charge is -2.12. The molecule has 28 heavy (non-hydrogen) atoms. The molecule has 2 rings (SSSR count). The molecule has 0 atom stereocenters. The highest BCUT2D eigenvalue weighted by molar-refractivity contribution is 7.89. The Morgan fingerprint density at radius 1 is 1.14 bits per heavy atom. The first-order valence-corrected chi connectivity index (χ1v) is 10.2. The number of esters is 1. The van der Waals surface area contributed by atoms with Crippen molar-refractivity contribution >= 4 is 21.9 Å². The fourth-order valence-electron chi connectivity index (χ4n) is 2.75. The molecule has 0 unspecified atom stereocenters. The number of aromatic nitrogens is 1. The second kappa shape index (κ2) is 8.57. The van der Waals surface area contributed by atoms with Gasteiger partial charge in [-0.1, -0.05) is 12.1 Å². The molecule has 1 heterocycles. The third-order valence-electron chi connectivity index (χ3n) is 4.30. The Morgan fingerprint density at radius 2 is 1.75 bits per heavy atom. The van der Waals surface area contributed by atoms with Crippen LogP contribution in [0.3, 0.4) is 0 Å². The van der Waals surface area contributed by atoms with Crippen LogP contribution in [0.25, 0.3) is 0 Å². The summed E-state index contributed by atoms with van der Waals surface area (Å²) in [6, 6.07) is 6.29. The number of H-pyrrole nitrogens is 1. The molecule has 1 aromatic heterocycles. The normalized spacial score (nSPS) is 11.5. The minimum Gasteiger partial charge on any atom is -0.462 e. The average molecular weight is 407 g/mol. The van der Waals surface area contributed by atoms with Crippen molar-refractivity contribution in [1.82, 2.24) is 14.6 Å². The van der Waals surface area contributed by atoms with Crippen molar-refractivity contribution in [3.05, 3.63) is 52.3 Å². The number of aryl methyl sites for hydroxylation is 1. The summed E-state index contributed by atoms with van der Waals surface area (Å²) in [6.07, 6.45) is 0. The summed E-state index contributed by atoms with van der Waals surface area (Å²) in [4.78, 5) is 27.7. The summed E-state index contributed by atoms with van der Waals surface area (Å²) in [5.74, 6) is -0.827. The average Bonchev–Trinajstić information content (AvgIpc) is 2.94. The van der Waals surface area contributed by atoms with Crippen LogP contribution in [0, 0.1) is 13.8 Å². The molecule has 2 N–H and O–H groups in total. The van der Waals surface area contributed by atoms with Crippen LogP contribution in [0.4, 0.5) is 0 Å². The molecule has 0 fully saturated rings. The molecule has 0 radical (unpaired) electrons. The quantitative estimate of drug-likeness (QED) is 0.683. The molecule has 0 aliphatic carbocycles. The van der Waals surface area contributed by atoms with Crippen LogP contribution >= 0.6 is 0 Å². The number of ether oxygens (including phenoxy) is 1. The van der Waals surface area contributed by atoms with E-state index in [0.717, 1.165) is 9.87 Å².